The number of fused-ring (bicyclic) bond motifs is 4. The Hall–Kier alpha value is -3.54. The molecule has 11 heteroatoms. The maximum Gasteiger partial charge on any atom is 0.264 e. The molecule has 0 radical (unpaired) electrons. The molecule has 1 atom stereocenters. The van der Waals surface area contributed by atoms with Crippen LogP contribution in [0.3, 0.4) is 0 Å². The van der Waals surface area contributed by atoms with Crippen LogP contribution < -0.4 is 9.46 Å². The summed E-state index contributed by atoms with van der Waals surface area (Å²) in [6.07, 6.45) is 2.38. The lowest BCUT2D eigenvalue weighted by molar-refractivity contribution is -0.0398. The molecule has 1 aliphatic carbocycles. The van der Waals surface area contributed by atoms with Gasteiger partial charge in [-0.15, -0.1) is 0 Å². The van der Waals surface area contributed by atoms with Gasteiger partial charge in [-0.2, -0.15) is 4.98 Å². The minimum Gasteiger partial charge on any atom is -0.475 e. The van der Waals surface area contributed by atoms with Crippen LogP contribution >= 0.6 is 0 Å². The SMILES string of the molecule is Cc1cccc(C)c1-c1cc2nc(n1)NS(=O)(=O)c1cccc(c1)C(=O)N(C1CC(N3CCOCC3)C1)[C@H](CC(C)(C)C)CO2.[HH]. The number of nitrogens with zero attached hydrogens (tertiary/aromatic N) is 4. The van der Waals surface area contributed by atoms with E-state index in [4.69, 9.17) is 9.47 Å². The van der Waals surface area contributed by atoms with E-state index in [1.807, 2.05) is 36.9 Å². The van der Waals surface area contributed by atoms with Crippen molar-refractivity contribution in [3.05, 3.63) is 65.2 Å². The summed E-state index contributed by atoms with van der Waals surface area (Å²) in [5, 5.41) is 0. The van der Waals surface area contributed by atoms with Gasteiger partial charge in [0.25, 0.3) is 15.9 Å². The van der Waals surface area contributed by atoms with Crippen LogP contribution in [0.5, 0.6) is 5.88 Å². The Bertz CT molecular complexity index is 1660. The van der Waals surface area contributed by atoms with Gasteiger partial charge in [0.1, 0.15) is 6.61 Å². The first kappa shape index (κ1) is 31.4. The van der Waals surface area contributed by atoms with Crippen LogP contribution in [-0.4, -0.2) is 85.1 Å². The van der Waals surface area contributed by atoms with Gasteiger partial charge in [0.15, 0.2) is 0 Å². The quantitative estimate of drug-likeness (QED) is 0.411. The van der Waals surface area contributed by atoms with Gasteiger partial charge in [-0.1, -0.05) is 45.0 Å². The van der Waals surface area contributed by atoms with E-state index >= 15 is 0 Å². The van der Waals surface area contributed by atoms with Crippen molar-refractivity contribution in [2.75, 3.05) is 37.6 Å². The van der Waals surface area contributed by atoms with Crippen molar-refractivity contribution < 1.29 is 24.1 Å². The molecule has 1 amide bonds. The first-order chi connectivity index (χ1) is 21.4. The van der Waals surface area contributed by atoms with E-state index < -0.39 is 10.0 Å². The van der Waals surface area contributed by atoms with Crippen molar-refractivity contribution in [1.29, 1.82) is 0 Å². The third-order valence-electron chi connectivity index (χ3n) is 9.00. The minimum atomic E-state index is -4.12. The summed E-state index contributed by atoms with van der Waals surface area (Å²) in [4.78, 5) is 27.9. The van der Waals surface area contributed by atoms with Crippen molar-refractivity contribution >= 4 is 21.9 Å². The van der Waals surface area contributed by atoms with E-state index in [-0.39, 0.29) is 48.2 Å². The van der Waals surface area contributed by atoms with E-state index in [0.717, 1.165) is 55.8 Å². The number of ether oxygens (including phenoxy) is 2. The number of carbonyl (C=O) groups is 1. The molecule has 1 N–H and O–H groups in total. The fourth-order valence-corrected chi connectivity index (χ4v) is 7.79. The Morgan fingerprint density at radius 2 is 1.67 bits per heavy atom. The number of rotatable bonds is 4. The number of hydrogen-bond acceptors (Lipinski definition) is 8. The lowest BCUT2D eigenvalue weighted by atomic mass is 9.80. The van der Waals surface area contributed by atoms with Crippen LogP contribution in [0, 0.1) is 19.3 Å². The monoisotopic (exact) mass is 635 g/mol. The van der Waals surface area contributed by atoms with Crippen LogP contribution in [0.1, 0.15) is 62.9 Å². The van der Waals surface area contributed by atoms with Crippen molar-refractivity contribution in [2.24, 2.45) is 5.41 Å². The van der Waals surface area contributed by atoms with Crippen molar-refractivity contribution in [1.82, 2.24) is 19.8 Å². The third kappa shape index (κ3) is 6.85. The van der Waals surface area contributed by atoms with Gasteiger partial charge >= 0.3 is 0 Å². The maximum atomic E-state index is 14.4. The largest absolute Gasteiger partial charge is 0.475 e. The molecule has 1 aromatic heterocycles. The molecule has 1 saturated heterocycles. The average molecular weight is 636 g/mol. The summed E-state index contributed by atoms with van der Waals surface area (Å²) in [6.45, 7) is 13.9. The highest BCUT2D eigenvalue weighted by Gasteiger charge is 2.43. The standard InChI is InChI=1S/C34H43N5O5S.H2/c1-22-8-6-9-23(2)31(22)29-19-30-36-33(35-29)37-45(41,42)28-11-7-10-24(16-28)32(40)39(27(21-44-30)20-34(3,4)5)26-17-25(18-26)38-12-14-43-15-13-38;/h6-11,16,19,25-27H,12-15,17-18,20-21H2,1-5H3,(H,35,36,37);1H/t25?,26?,27-;/m1./s1. The van der Waals surface area contributed by atoms with Crippen LogP contribution in [-0.2, 0) is 14.8 Å². The van der Waals surface area contributed by atoms with Gasteiger partial charge in [-0.3, -0.25) is 9.69 Å². The van der Waals surface area contributed by atoms with Crippen LogP contribution in [0.2, 0.25) is 0 Å². The molecule has 1 saturated carbocycles. The molecule has 3 aliphatic rings. The van der Waals surface area contributed by atoms with E-state index in [1.165, 1.54) is 12.1 Å². The number of anilines is 1. The molecule has 4 bridgehead atoms. The summed E-state index contributed by atoms with van der Waals surface area (Å²) in [6, 6.07) is 14.1. The topological polar surface area (TPSA) is 114 Å². The predicted molar refractivity (Wildman–Crippen MR) is 175 cm³/mol. The second-order valence-electron chi connectivity index (χ2n) is 13.7. The second kappa shape index (κ2) is 12.3. The van der Waals surface area contributed by atoms with Crippen LogP contribution in [0.15, 0.2) is 53.4 Å². The molecular formula is C34H45N5O5S. The third-order valence-corrected chi connectivity index (χ3v) is 10.3. The second-order valence-corrected chi connectivity index (χ2v) is 15.4. The Labute approximate surface area is 267 Å². The number of aryl methyl sites for hydroxylation is 2. The lowest BCUT2D eigenvalue weighted by Gasteiger charge is -2.51. The van der Waals surface area contributed by atoms with E-state index in [9.17, 15) is 13.2 Å². The fourth-order valence-electron chi connectivity index (χ4n) is 6.80. The Kier molecular flexibility index (Phi) is 8.62. The summed E-state index contributed by atoms with van der Waals surface area (Å²) in [5.41, 5.74) is 3.67. The molecule has 242 valence electrons. The van der Waals surface area contributed by atoms with Gasteiger partial charge in [0, 0.05) is 43.8 Å². The smallest absolute Gasteiger partial charge is 0.264 e. The summed E-state index contributed by atoms with van der Waals surface area (Å²) in [7, 11) is -4.12. The zero-order valence-electron chi connectivity index (χ0n) is 26.7. The van der Waals surface area contributed by atoms with Gasteiger partial charge in [-0.05, 0) is 67.9 Å². The molecule has 3 heterocycles. The van der Waals surface area contributed by atoms with Gasteiger partial charge in [-0.25, -0.2) is 18.1 Å². The summed E-state index contributed by atoms with van der Waals surface area (Å²) < 4.78 is 41.8. The number of hydrogen-bond donors (Lipinski definition) is 1. The molecule has 45 heavy (non-hydrogen) atoms. The summed E-state index contributed by atoms with van der Waals surface area (Å²) in [5.74, 6) is -0.0290. The predicted octanol–water partition coefficient (Wildman–Crippen LogP) is 5.31. The molecule has 2 aliphatic heterocycles. The highest BCUT2D eigenvalue weighted by atomic mass is 32.2. The lowest BCUT2D eigenvalue weighted by Crippen LogP contribution is -2.61. The number of nitrogens with one attached hydrogen (secondary N) is 1. The van der Waals surface area contributed by atoms with Gasteiger partial charge in [0.05, 0.1) is 29.8 Å². The number of morpholine rings is 1. The number of benzene rings is 2. The van der Waals surface area contributed by atoms with Crippen LogP contribution in [0.25, 0.3) is 11.3 Å². The van der Waals surface area contributed by atoms with Crippen LogP contribution in [0.4, 0.5) is 5.95 Å². The molecule has 10 nitrogen and oxygen atoms in total. The molecular weight excluding hydrogens is 590 g/mol. The Morgan fingerprint density at radius 1 is 0.978 bits per heavy atom. The highest BCUT2D eigenvalue weighted by molar-refractivity contribution is 7.92. The van der Waals surface area contributed by atoms with Gasteiger partial charge in [0.2, 0.25) is 11.8 Å². The molecule has 2 fully saturated rings. The highest BCUT2D eigenvalue weighted by Crippen LogP contribution is 2.37. The van der Waals surface area contributed by atoms with Crippen molar-refractivity contribution in [3.8, 4) is 17.1 Å². The summed E-state index contributed by atoms with van der Waals surface area (Å²) >= 11 is 0. The molecule has 0 unspecified atom stereocenters. The normalized spacial score (nSPS) is 23.9. The first-order valence-electron chi connectivity index (χ1n) is 15.7. The zero-order valence-corrected chi connectivity index (χ0v) is 27.6. The molecule has 6 rings (SSSR count). The fraction of sp³-hybridized carbons (Fsp3) is 0.500. The number of aromatic nitrogens is 2. The minimum absolute atomic E-state index is 0. The van der Waals surface area contributed by atoms with E-state index in [2.05, 4.69) is 40.4 Å². The Morgan fingerprint density at radius 3 is 2.36 bits per heavy atom. The van der Waals surface area contributed by atoms with E-state index in [1.54, 1.807) is 18.2 Å². The first-order valence-corrected chi connectivity index (χ1v) is 17.2. The van der Waals surface area contributed by atoms with Gasteiger partial charge < -0.3 is 14.4 Å². The average Bonchev–Trinajstić information content (AvgIpc) is 2.96. The number of sulfonamides is 1. The molecule has 3 aromatic rings. The van der Waals surface area contributed by atoms with Crippen molar-refractivity contribution in [3.63, 3.8) is 0 Å². The molecule has 2 aromatic carbocycles. The zero-order chi connectivity index (χ0) is 31.9. The van der Waals surface area contributed by atoms with E-state index in [0.29, 0.717) is 23.7 Å². The Balaban J connectivity index is 0.00000417. The van der Waals surface area contributed by atoms with Crippen molar-refractivity contribution in [2.45, 2.75) is 76.9 Å². The maximum absolute atomic E-state index is 14.4. The number of amides is 1. The number of carbonyl (C=O) groups excluding carboxylic acids is 1. The molecule has 0 spiro atoms.